The highest BCUT2D eigenvalue weighted by atomic mass is 16.5. The molecule has 1 unspecified atom stereocenters. The predicted octanol–water partition coefficient (Wildman–Crippen LogP) is 2.27. The summed E-state index contributed by atoms with van der Waals surface area (Å²) in [7, 11) is 1.70. The van der Waals surface area contributed by atoms with Gasteiger partial charge in [-0.15, -0.1) is 0 Å². The van der Waals surface area contributed by atoms with Crippen LogP contribution in [0.2, 0.25) is 0 Å². The fourth-order valence-electron chi connectivity index (χ4n) is 2.74. The quantitative estimate of drug-likeness (QED) is 0.916. The summed E-state index contributed by atoms with van der Waals surface area (Å²) in [5.41, 5.74) is 3.67. The summed E-state index contributed by atoms with van der Waals surface area (Å²) in [6.45, 7) is 4.24. The van der Waals surface area contributed by atoms with Gasteiger partial charge in [-0.25, -0.2) is 4.98 Å². The van der Waals surface area contributed by atoms with Crippen LogP contribution in [0.3, 0.4) is 0 Å². The van der Waals surface area contributed by atoms with Crippen molar-refractivity contribution in [2.24, 2.45) is 0 Å². The van der Waals surface area contributed by atoms with E-state index >= 15 is 0 Å². The summed E-state index contributed by atoms with van der Waals surface area (Å²) < 4.78 is 7.46. The second-order valence-corrected chi connectivity index (χ2v) is 5.03. The molecule has 1 aliphatic rings. The lowest BCUT2D eigenvalue weighted by Gasteiger charge is -2.15. The lowest BCUT2D eigenvalue weighted by molar-refractivity contribution is 0.414. The molecule has 1 saturated heterocycles. The number of ether oxygens (including phenoxy) is 1. The molecule has 1 atom stereocenters. The minimum absolute atomic E-state index is 0.559. The summed E-state index contributed by atoms with van der Waals surface area (Å²) >= 11 is 0. The molecule has 1 aromatic heterocycles. The van der Waals surface area contributed by atoms with E-state index in [1.807, 2.05) is 18.6 Å². The third-order valence-electron chi connectivity index (χ3n) is 3.81. The maximum absolute atomic E-state index is 5.26. The summed E-state index contributed by atoms with van der Waals surface area (Å²) in [6.07, 6.45) is 5.07. The zero-order valence-corrected chi connectivity index (χ0v) is 11.4. The molecule has 100 valence electrons. The Morgan fingerprint density at radius 2 is 2.32 bits per heavy atom. The van der Waals surface area contributed by atoms with Crippen LogP contribution in [0.4, 0.5) is 0 Å². The second kappa shape index (κ2) is 5.05. The van der Waals surface area contributed by atoms with Crippen molar-refractivity contribution in [3.8, 4) is 11.4 Å². The molecule has 3 rings (SSSR count). The van der Waals surface area contributed by atoms with E-state index in [0.29, 0.717) is 5.92 Å². The SMILES string of the molecule is COc1ccc(-n2cncc2C2CCNC2)c(C)c1. The van der Waals surface area contributed by atoms with Crippen molar-refractivity contribution in [2.75, 3.05) is 20.2 Å². The number of aryl methyl sites for hydroxylation is 1. The smallest absolute Gasteiger partial charge is 0.119 e. The Balaban J connectivity index is 2.00. The third kappa shape index (κ3) is 2.24. The average Bonchev–Trinajstić information content (AvgIpc) is 3.08. The minimum atomic E-state index is 0.559. The molecule has 0 saturated carbocycles. The average molecular weight is 257 g/mol. The van der Waals surface area contributed by atoms with E-state index in [1.165, 1.54) is 23.4 Å². The number of nitrogens with one attached hydrogen (secondary N) is 1. The fraction of sp³-hybridized carbons (Fsp3) is 0.400. The number of hydrogen-bond acceptors (Lipinski definition) is 3. The van der Waals surface area contributed by atoms with Crippen molar-refractivity contribution in [1.29, 1.82) is 0 Å². The van der Waals surface area contributed by atoms with Crippen LogP contribution in [0.5, 0.6) is 5.75 Å². The number of aromatic nitrogens is 2. The van der Waals surface area contributed by atoms with E-state index in [9.17, 15) is 0 Å². The number of imidazole rings is 1. The van der Waals surface area contributed by atoms with Gasteiger partial charge in [0.2, 0.25) is 0 Å². The first-order valence-electron chi connectivity index (χ1n) is 6.67. The molecule has 4 nitrogen and oxygen atoms in total. The van der Waals surface area contributed by atoms with E-state index in [0.717, 1.165) is 18.8 Å². The molecular formula is C15H19N3O. The van der Waals surface area contributed by atoms with Crippen molar-refractivity contribution in [1.82, 2.24) is 14.9 Å². The molecular weight excluding hydrogens is 238 g/mol. The molecule has 2 aromatic rings. The summed E-state index contributed by atoms with van der Waals surface area (Å²) in [5.74, 6) is 1.45. The topological polar surface area (TPSA) is 39.1 Å². The van der Waals surface area contributed by atoms with Crippen LogP contribution in [0.15, 0.2) is 30.7 Å². The molecule has 0 aliphatic carbocycles. The molecule has 2 heterocycles. The summed E-state index contributed by atoms with van der Waals surface area (Å²) in [6, 6.07) is 6.16. The number of hydrogen-bond donors (Lipinski definition) is 1. The Kier molecular flexibility index (Phi) is 3.25. The molecule has 4 heteroatoms. The number of nitrogens with zero attached hydrogens (tertiary/aromatic N) is 2. The van der Waals surface area contributed by atoms with Gasteiger partial charge in [-0.1, -0.05) is 0 Å². The predicted molar refractivity (Wildman–Crippen MR) is 75.1 cm³/mol. The van der Waals surface area contributed by atoms with Gasteiger partial charge >= 0.3 is 0 Å². The molecule has 0 amide bonds. The standard InChI is InChI=1S/C15H19N3O/c1-11-7-13(19-2)3-4-14(11)18-10-17-9-15(18)12-5-6-16-8-12/h3-4,7,9-10,12,16H,5-6,8H2,1-2H3. The van der Waals surface area contributed by atoms with Crippen molar-refractivity contribution >= 4 is 0 Å². The van der Waals surface area contributed by atoms with Gasteiger partial charge in [0, 0.05) is 30.0 Å². The van der Waals surface area contributed by atoms with Crippen LogP contribution in [0, 0.1) is 6.92 Å². The van der Waals surface area contributed by atoms with E-state index in [1.54, 1.807) is 7.11 Å². The number of methoxy groups -OCH3 is 1. The van der Waals surface area contributed by atoms with Crippen molar-refractivity contribution < 1.29 is 4.74 Å². The minimum Gasteiger partial charge on any atom is -0.497 e. The lowest BCUT2D eigenvalue weighted by Crippen LogP contribution is -2.11. The van der Waals surface area contributed by atoms with Gasteiger partial charge in [0.25, 0.3) is 0 Å². The van der Waals surface area contributed by atoms with E-state index in [2.05, 4.69) is 33.9 Å². The zero-order chi connectivity index (χ0) is 13.2. The van der Waals surface area contributed by atoms with Crippen LogP contribution in [-0.4, -0.2) is 29.8 Å². The van der Waals surface area contributed by atoms with Crippen molar-refractivity contribution in [2.45, 2.75) is 19.3 Å². The second-order valence-electron chi connectivity index (χ2n) is 5.03. The summed E-state index contributed by atoms with van der Waals surface area (Å²) in [4.78, 5) is 4.33. The molecule has 0 bridgehead atoms. The summed E-state index contributed by atoms with van der Waals surface area (Å²) in [5, 5.41) is 3.41. The van der Waals surface area contributed by atoms with Gasteiger partial charge in [-0.2, -0.15) is 0 Å². The molecule has 0 radical (unpaired) electrons. The van der Waals surface area contributed by atoms with Gasteiger partial charge in [-0.3, -0.25) is 0 Å². The Morgan fingerprint density at radius 3 is 3.00 bits per heavy atom. The first-order valence-corrected chi connectivity index (χ1v) is 6.67. The Hall–Kier alpha value is -1.81. The molecule has 1 N–H and O–H groups in total. The van der Waals surface area contributed by atoms with E-state index in [4.69, 9.17) is 4.74 Å². The zero-order valence-electron chi connectivity index (χ0n) is 11.4. The van der Waals surface area contributed by atoms with Crippen LogP contribution in [0.1, 0.15) is 23.6 Å². The highest BCUT2D eigenvalue weighted by Crippen LogP contribution is 2.27. The Morgan fingerprint density at radius 1 is 1.42 bits per heavy atom. The maximum atomic E-state index is 5.26. The Labute approximate surface area is 113 Å². The van der Waals surface area contributed by atoms with E-state index < -0.39 is 0 Å². The van der Waals surface area contributed by atoms with Gasteiger partial charge in [0.1, 0.15) is 5.75 Å². The van der Waals surface area contributed by atoms with E-state index in [-0.39, 0.29) is 0 Å². The molecule has 19 heavy (non-hydrogen) atoms. The van der Waals surface area contributed by atoms with Crippen molar-refractivity contribution in [3.05, 3.63) is 42.0 Å². The molecule has 1 aliphatic heterocycles. The maximum Gasteiger partial charge on any atom is 0.119 e. The largest absolute Gasteiger partial charge is 0.497 e. The molecule has 1 fully saturated rings. The fourth-order valence-corrected chi connectivity index (χ4v) is 2.74. The van der Waals surface area contributed by atoms with Gasteiger partial charge in [0.15, 0.2) is 0 Å². The first kappa shape index (κ1) is 12.2. The first-order chi connectivity index (χ1) is 9.29. The van der Waals surface area contributed by atoms with Gasteiger partial charge < -0.3 is 14.6 Å². The number of rotatable bonds is 3. The van der Waals surface area contributed by atoms with Crippen molar-refractivity contribution in [3.63, 3.8) is 0 Å². The molecule has 1 aromatic carbocycles. The normalized spacial score (nSPS) is 18.7. The van der Waals surface area contributed by atoms with Crippen LogP contribution in [-0.2, 0) is 0 Å². The lowest BCUT2D eigenvalue weighted by atomic mass is 10.0. The third-order valence-corrected chi connectivity index (χ3v) is 3.81. The number of benzene rings is 1. The monoisotopic (exact) mass is 257 g/mol. The highest BCUT2D eigenvalue weighted by Gasteiger charge is 2.21. The van der Waals surface area contributed by atoms with Crippen LogP contribution < -0.4 is 10.1 Å². The van der Waals surface area contributed by atoms with Crippen LogP contribution in [0.25, 0.3) is 5.69 Å². The Bertz CT molecular complexity index is 571. The highest BCUT2D eigenvalue weighted by molar-refractivity contribution is 5.46. The van der Waals surface area contributed by atoms with Gasteiger partial charge in [0.05, 0.1) is 13.4 Å². The molecule has 0 spiro atoms. The van der Waals surface area contributed by atoms with Crippen LogP contribution >= 0.6 is 0 Å². The van der Waals surface area contributed by atoms with Gasteiger partial charge in [-0.05, 0) is 43.7 Å².